The molecule has 1 rings (SSSR count). The molecular formula is C10H20N2O. The minimum atomic E-state index is 0.0705. The lowest BCUT2D eigenvalue weighted by atomic mass is 10.1. The fraction of sp³-hybridized carbons (Fsp3) is 0.900. The van der Waals surface area contributed by atoms with Crippen LogP contribution in [0.2, 0.25) is 0 Å². The van der Waals surface area contributed by atoms with Crippen molar-refractivity contribution in [3.05, 3.63) is 0 Å². The lowest BCUT2D eigenvalue weighted by Gasteiger charge is -2.38. The Bertz CT molecular complexity index is 191. The van der Waals surface area contributed by atoms with Gasteiger partial charge in [0.25, 0.3) is 0 Å². The molecule has 13 heavy (non-hydrogen) atoms. The predicted molar refractivity (Wildman–Crippen MR) is 53.5 cm³/mol. The molecule has 1 heterocycles. The Labute approximate surface area is 80.7 Å². The predicted octanol–water partition coefficient (Wildman–Crippen LogP) is 0.805. The van der Waals surface area contributed by atoms with Gasteiger partial charge < -0.3 is 4.90 Å². The molecule has 1 saturated heterocycles. The van der Waals surface area contributed by atoms with Crippen molar-refractivity contribution in [2.75, 3.05) is 26.7 Å². The normalized spacial score (nSPS) is 25.8. The summed E-state index contributed by atoms with van der Waals surface area (Å²) in [5.41, 5.74) is 0. The van der Waals surface area contributed by atoms with Crippen LogP contribution in [0, 0.1) is 5.92 Å². The summed E-state index contributed by atoms with van der Waals surface area (Å²) in [7, 11) is 1.88. The van der Waals surface area contributed by atoms with Gasteiger partial charge in [0.2, 0.25) is 5.91 Å². The van der Waals surface area contributed by atoms with Crippen molar-refractivity contribution in [2.24, 2.45) is 5.92 Å². The minimum Gasteiger partial charge on any atom is -0.343 e. The Balaban J connectivity index is 2.54. The molecule has 0 aliphatic carbocycles. The van der Waals surface area contributed by atoms with E-state index in [1.165, 1.54) is 0 Å². The number of hydrogen-bond donors (Lipinski definition) is 0. The first-order valence-corrected chi connectivity index (χ1v) is 5.01. The van der Waals surface area contributed by atoms with Gasteiger partial charge in [0.1, 0.15) is 0 Å². The first-order valence-electron chi connectivity index (χ1n) is 5.01. The molecule has 0 aromatic carbocycles. The molecule has 1 fully saturated rings. The highest BCUT2D eigenvalue weighted by atomic mass is 16.2. The van der Waals surface area contributed by atoms with E-state index < -0.39 is 0 Å². The quantitative estimate of drug-likeness (QED) is 0.634. The number of amides is 1. The number of hydrogen-bond acceptors (Lipinski definition) is 2. The Morgan fingerprint density at radius 2 is 2.08 bits per heavy atom. The van der Waals surface area contributed by atoms with E-state index in [4.69, 9.17) is 0 Å². The van der Waals surface area contributed by atoms with E-state index in [-0.39, 0.29) is 11.9 Å². The molecule has 3 heteroatoms. The van der Waals surface area contributed by atoms with E-state index in [9.17, 15) is 4.79 Å². The molecule has 0 radical (unpaired) electrons. The molecule has 0 saturated carbocycles. The van der Waals surface area contributed by atoms with Crippen LogP contribution in [0.3, 0.4) is 0 Å². The Morgan fingerprint density at radius 3 is 2.62 bits per heavy atom. The van der Waals surface area contributed by atoms with E-state index in [2.05, 4.69) is 18.7 Å². The van der Waals surface area contributed by atoms with E-state index in [1.54, 1.807) is 0 Å². The zero-order chi connectivity index (χ0) is 10.0. The number of carbonyl (C=O) groups excluding carboxylic acids is 1. The zero-order valence-corrected chi connectivity index (χ0v) is 9.08. The SMILES string of the molecule is CC(C)CN1CCN(C)C(=O)C1C. The van der Waals surface area contributed by atoms with Gasteiger partial charge in [-0.2, -0.15) is 0 Å². The van der Waals surface area contributed by atoms with Gasteiger partial charge in [0, 0.05) is 26.7 Å². The van der Waals surface area contributed by atoms with Gasteiger partial charge in [-0.3, -0.25) is 9.69 Å². The van der Waals surface area contributed by atoms with Gasteiger partial charge in [0.15, 0.2) is 0 Å². The summed E-state index contributed by atoms with van der Waals surface area (Å²) < 4.78 is 0. The number of piperazine rings is 1. The summed E-state index contributed by atoms with van der Waals surface area (Å²) >= 11 is 0. The molecule has 0 N–H and O–H groups in total. The average Bonchev–Trinajstić information content (AvgIpc) is 2.06. The van der Waals surface area contributed by atoms with Gasteiger partial charge in [-0.15, -0.1) is 0 Å². The van der Waals surface area contributed by atoms with Gasteiger partial charge in [0.05, 0.1) is 6.04 Å². The topological polar surface area (TPSA) is 23.6 Å². The summed E-state index contributed by atoms with van der Waals surface area (Å²) in [6.07, 6.45) is 0. The maximum absolute atomic E-state index is 11.6. The van der Waals surface area contributed by atoms with E-state index in [0.717, 1.165) is 19.6 Å². The first-order chi connectivity index (χ1) is 6.02. The molecule has 1 unspecified atom stereocenters. The van der Waals surface area contributed by atoms with Crippen molar-refractivity contribution in [3.63, 3.8) is 0 Å². The smallest absolute Gasteiger partial charge is 0.239 e. The van der Waals surface area contributed by atoms with Crippen LogP contribution in [0.5, 0.6) is 0 Å². The van der Waals surface area contributed by atoms with Crippen molar-refractivity contribution in [1.29, 1.82) is 0 Å². The van der Waals surface area contributed by atoms with Gasteiger partial charge in [-0.05, 0) is 12.8 Å². The maximum Gasteiger partial charge on any atom is 0.239 e. The summed E-state index contributed by atoms with van der Waals surface area (Å²) in [6, 6.07) is 0.0705. The zero-order valence-electron chi connectivity index (χ0n) is 9.08. The lowest BCUT2D eigenvalue weighted by molar-refractivity contribution is -0.139. The summed E-state index contributed by atoms with van der Waals surface area (Å²) in [5, 5.41) is 0. The third kappa shape index (κ3) is 2.44. The van der Waals surface area contributed by atoms with Crippen LogP contribution in [0.4, 0.5) is 0 Å². The highest BCUT2D eigenvalue weighted by molar-refractivity contribution is 5.81. The minimum absolute atomic E-state index is 0.0705. The molecule has 1 amide bonds. The highest BCUT2D eigenvalue weighted by Crippen LogP contribution is 2.11. The maximum atomic E-state index is 11.6. The largest absolute Gasteiger partial charge is 0.343 e. The lowest BCUT2D eigenvalue weighted by Crippen LogP contribution is -2.55. The Kier molecular flexibility index (Phi) is 3.31. The number of nitrogens with zero attached hydrogens (tertiary/aromatic N) is 2. The molecule has 1 atom stereocenters. The Hall–Kier alpha value is -0.570. The second-order valence-corrected chi connectivity index (χ2v) is 4.32. The Morgan fingerprint density at radius 1 is 1.46 bits per heavy atom. The number of rotatable bonds is 2. The highest BCUT2D eigenvalue weighted by Gasteiger charge is 2.28. The molecule has 1 aliphatic rings. The van der Waals surface area contributed by atoms with Gasteiger partial charge in [-0.1, -0.05) is 13.8 Å². The number of likely N-dealkylation sites (N-methyl/N-ethyl adjacent to an activating group) is 1. The first kappa shape index (κ1) is 10.5. The van der Waals surface area contributed by atoms with E-state index in [1.807, 2.05) is 18.9 Å². The molecule has 76 valence electrons. The van der Waals surface area contributed by atoms with Gasteiger partial charge >= 0.3 is 0 Å². The van der Waals surface area contributed by atoms with Crippen LogP contribution in [-0.2, 0) is 4.79 Å². The molecule has 0 aromatic rings. The van der Waals surface area contributed by atoms with Crippen molar-refractivity contribution in [2.45, 2.75) is 26.8 Å². The molecule has 0 aromatic heterocycles. The molecule has 3 nitrogen and oxygen atoms in total. The van der Waals surface area contributed by atoms with Crippen LogP contribution in [0.1, 0.15) is 20.8 Å². The van der Waals surface area contributed by atoms with E-state index >= 15 is 0 Å². The van der Waals surface area contributed by atoms with Gasteiger partial charge in [-0.25, -0.2) is 0 Å². The third-order valence-electron chi connectivity index (χ3n) is 2.60. The molecular weight excluding hydrogens is 164 g/mol. The molecule has 0 spiro atoms. The van der Waals surface area contributed by atoms with Crippen molar-refractivity contribution >= 4 is 5.91 Å². The standard InChI is InChI=1S/C10H20N2O/c1-8(2)7-12-6-5-11(4)10(13)9(12)3/h8-9H,5-7H2,1-4H3. The van der Waals surface area contributed by atoms with Crippen LogP contribution in [-0.4, -0.2) is 48.4 Å². The monoisotopic (exact) mass is 184 g/mol. The van der Waals surface area contributed by atoms with Crippen molar-refractivity contribution in [3.8, 4) is 0 Å². The fourth-order valence-electron chi connectivity index (χ4n) is 1.78. The van der Waals surface area contributed by atoms with Crippen molar-refractivity contribution < 1.29 is 4.79 Å². The van der Waals surface area contributed by atoms with Crippen LogP contribution in [0.25, 0.3) is 0 Å². The summed E-state index contributed by atoms with van der Waals surface area (Å²) in [4.78, 5) is 15.7. The van der Waals surface area contributed by atoms with Crippen LogP contribution >= 0.6 is 0 Å². The molecule has 1 aliphatic heterocycles. The second kappa shape index (κ2) is 4.09. The summed E-state index contributed by atoms with van der Waals surface area (Å²) in [5.74, 6) is 0.894. The number of carbonyl (C=O) groups is 1. The average molecular weight is 184 g/mol. The second-order valence-electron chi connectivity index (χ2n) is 4.32. The van der Waals surface area contributed by atoms with Crippen LogP contribution in [0.15, 0.2) is 0 Å². The van der Waals surface area contributed by atoms with Crippen LogP contribution < -0.4 is 0 Å². The van der Waals surface area contributed by atoms with Crippen molar-refractivity contribution in [1.82, 2.24) is 9.80 Å². The molecule has 0 bridgehead atoms. The third-order valence-corrected chi connectivity index (χ3v) is 2.60. The fourth-order valence-corrected chi connectivity index (χ4v) is 1.78. The van der Waals surface area contributed by atoms with E-state index in [0.29, 0.717) is 5.92 Å². The summed E-state index contributed by atoms with van der Waals surface area (Å²) in [6.45, 7) is 9.30.